The maximum absolute atomic E-state index is 13.0. The number of benzene rings is 1. The van der Waals surface area contributed by atoms with E-state index in [0.717, 1.165) is 19.4 Å². The number of ether oxygens (including phenoxy) is 1. The molecule has 0 heterocycles. The van der Waals surface area contributed by atoms with E-state index in [4.69, 9.17) is 4.74 Å². The molecule has 0 saturated heterocycles. The third kappa shape index (κ3) is 5.88. The molecule has 1 N–H and O–H groups in total. The number of hydrogen-bond acceptors (Lipinski definition) is 3. The standard InChI is InChI=1S/C21H31N3O3/c1-23(2)20(25)15-27-19-10-6-7-17(13-19)22-21(26)24(14-16-11-12-16)18-8-4-3-5-9-18/h6-7,10,13,16,18H,3-5,8-9,11-12,14-15H2,1-2H3,(H,22,26). The van der Waals surface area contributed by atoms with Gasteiger partial charge < -0.3 is 19.9 Å². The van der Waals surface area contributed by atoms with Crippen molar-refractivity contribution in [2.45, 2.75) is 51.0 Å². The van der Waals surface area contributed by atoms with Crippen LogP contribution in [0.2, 0.25) is 0 Å². The number of carbonyl (C=O) groups excluding carboxylic acids is 2. The van der Waals surface area contributed by atoms with E-state index in [-0.39, 0.29) is 18.5 Å². The zero-order chi connectivity index (χ0) is 19.2. The van der Waals surface area contributed by atoms with Crippen molar-refractivity contribution < 1.29 is 14.3 Å². The number of amides is 3. The molecule has 0 atom stereocenters. The van der Waals surface area contributed by atoms with Crippen molar-refractivity contribution in [2.24, 2.45) is 5.92 Å². The molecule has 3 amide bonds. The van der Waals surface area contributed by atoms with Gasteiger partial charge in [0, 0.05) is 38.4 Å². The van der Waals surface area contributed by atoms with Crippen LogP contribution in [0.4, 0.5) is 10.5 Å². The Hall–Kier alpha value is -2.24. The molecule has 0 unspecified atom stereocenters. The lowest BCUT2D eigenvalue weighted by Gasteiger charge is -2.34. The van der Waals surface area contributed by atoms with Crippen molar-refractivity contribution in [3.63, 3.8) is 0 Å². The Kier molecular flexibility index (Phi) is 6.58. The summed E-state index contributed by atoms with van der Waals surface area (Å²) in [6.07, 6.45) is 8.39. The monoisotopic (exact) mass is 373 g/mol. The first-order chi connectivity index (χ1) is 13.0. The molecular formula is C21H31N3O3. The minimum absolute atomic E-state index is 0.0136. The maximum atomic E-state index is 13.0. The van der Waals surface area contributed by atoms with Crippen LogP contribution in [0, 0.1) is 5.92 Å². The van der Waals surface area contributed by atoms with Crippen LogP contribution < -0.4 is 10.1 Å². The highest BCUT2D eigenvalue weighted by atomic mass is 16.5. The molecule has 0 aromatic heterocycles. The second-order valence-electron chi connectivity index (χ2n) is 7.92. The van der Waals surface area contributed by atoms with E-state index in [1.807, 2.05) is 12.1 Å². The number of hydrogen-bond donors (Lipinski definition) is 1. The van der Waals surface area contributed by atoms with E-state index in [0.29, 0.717) is 23.4 Å². The summed E-state index contributed by atoms with van der Waals surface area (Å²) in [5.41, 5.74) is 0.700. The van der Waals surface area contributed by atoms with E-state index in [1.54, 1.807) is 26.2 Å². The summed E-state index contributed by atoms with van der Waals surface area (Å²) in [5.74, 6) is 1.15. The normalized spacial score (nSPS) is 17.3. The van der Waals surface area contributed by atoms with Gasteiger partial charge in [-0.25, -0.2) is 4.79 Å². The SMILES string of the molecule is CN(C)C(=O)COc1cccc(NC(=O)N(CC2CC2)C2CCCCC2)c1. The molecule has 148 valence electrons. The highest BCUT2D eigenvalue weighted by Crippen LogP contribution is 2.33. The molecule has 2 saturated carbocycles. The zero-order valence-electron chi connectivity index (χ0n) is 16.4. The molecule has 1 aromatic rings. The summed E-state index contributed by atoms with van der Waals surface area (Å²) in [7, 11) is 3.39. The number of likely N-dealkylation sites (N-methyl/N-ethyl adjacent to an activating group) is 1. The van der Waals surface area contributed by atoms with Crippen molar-refractivity contribution in [3.05, 3.63) is 24.3 Å². The number of urea groups is 1. The van der Waals surface area contributed by atoms with Crippen molar-refractivity contribution >= 4 is 17.6 Å². The molecule has 6 heteroatoms. The third-order valence-corrected chi connectivity index (χ3v) is 5.37. The minimum Gasteiger partial charge on any atom is -0.484 e. The first kappa shape index (κ1) is 19.5. The largest absolute Gasteiger partial charge is 0.484 e. The number of anilines is 1. The highest BCUT2D eigenvalue weighted by Gasteiger charge is 2.31. The second-order valence-corrected chi connectivity index (χ2v) is 7.92. The summed E-state index contributed by atoms with van der Waals surface area (Å²) >= 11 is 0. The van der Waals surface area contributed by atoms with Gasteiger partial charge in [0.1, 0.15) is 5.75 Å². The molecular weight excluding hydrogens is 342 g/mol. The zero-order valence-corrected chi connectivity index (χ0v) is 16.4. The van der Waals surface area contributed by atoms with Gasteiger partial charge in [-0.2, -0.15) is 0 Å². The van der Waals surface area contributed by atoms with Crippen LogP contribution in [0.3, 0.4) is 0 Å². The van der Waals surface area contributed by atoms with Crippen molar-refractivity contribution in [1.82, 2.24) is 9.80 Å². The van der Waals surface area contributed by atoms with Gasteiger partial charge >= 0.3 is 6.03 Å². The Morgan fingerprint density at radius 2 is 1.85 bits per heavy atom. The Balaban J connectivity index is 1.60. The van der Waals surface area contributed by atoms with E-state index in [2.05, 4.69) is 10.2 Å². The quantitative estimate of drug-likeness (QED) is 0.792. The number of nitrogens with zero attached hydrogens (tertiary/aromatic N) is 2. The molecule has 0 bridgehead atoms. The number of carbonyl (C=O) groups is 2. The Labute approximate surface area is 161 Å². The van der Waals surface area contributed by atoms with Gasteiger partial charge in [0.05, 0.1) is 0 Å². The van der Waals surface area contributed by atoms with Crippen LogP contribution in [0.5, 0.6) is 5.75 Å². The lowest BCUT2D eigenvalue weighted by molar-refractivity contribution is -0.130. The molecule has 0 spiro atoms. The fourth-order valence-electron chi connectivity index (χ4n) is 3.50. The van der Waals surface area contributed by atoms with Gasteiger partial charge in [-0.3, -0.25) is 4.79 Å². The molecule has 3 rings (SSSR count). The van der Waals surface area contributed by atoms with Crippen LogP contribution in [0.1, 0.15) is 44.9 Å². The minimum atomic E-state index is -0.0997. The molecule has 2 fully saturated rings. The van der Waals surface area contributed by atoms with E-state index < -0.39 is 0 Å². The maximum Gasteiger partial charge on any atom is 0.322 e. The molecule has 0 aliphatic heterocycles. The molecule has 2 aliphatic rings. The van der Waals surface area contributed by atoms with Gasteiger partial charge in [-0.1, -0.05) is 25.3 Å². The summed E-state index contributed by atoms with van der Waals surface area (Å²) < 4.78 is 5.55. The molecule has 1 aromatic carbocycles. The van der Waals surface area contributed by atoms with E-state index in [9.17, 15) is 9.59 Å². The average Bonchev–Trinajstić information content (AvgIpc) is 3.49. The van der Waals surface area contributed by atoms with Crippen molar-refractivity contribution in [1.29, 1.82) is 0 Å². The number of nitrogens with one attached hydrogen (secondary N) is 1. The van der Waals surface area contributed by atoms with Crippen LogP contribution >= 0.6 is 0 Å². The lowest BCUT2D eigenvalue weighted by Crippen LogP contribution is -2.45. The van der Waals surface area contributed by atoms with Gasteiger partial charge in [-0.15, -0.1) is 0 Å². The fourth-order valence-corrected chi connectivity index (χ4v) is 3.50. The van der Waals surface area contributed by atoms with Crippen LogP contribution in [0.25, 0.3) is 0 Å². The van der Waals surface area contributed by atoms with E-state index in [1.165, 1.54) is 37.0 Å². The van der Waals surface area contributed by atoms with Crippen molar-refractivity contribution in [3.8, 4) is 5.75 Å². The van der Waals surface area contributed by atoms with Crippen molar-refractivity contribution in [2.75, 3.05) is 32.6 Å². The molecule has 0 radical (unpaired) electrons. The Morgan fingerprint density at radius 3 is 2.52 bits per heavy atom. The Morgan fingerprint density at radius 1 is 1.11 bits per heavy atom. The van der Waals surface area contributed by atoms with Gasteiger partial charge in [0.15, 0.2) is 6.61 Å². The molecule has 6 nitrogen and oxygen atoms in total. The summed E-state index contributed by atoms with van der Waals surface area (Å²) in [6.45, 7) is 0.851. The first-order valence-corrected chi connectivity index (χ1v) is 10.0. The predicted molar refractivity (Wildman–Crippen MR) is 106 cm³/mol. The molecule has 2 aliphatic carbocycles. The summed E-state index contributed by atoms with van der Waals surface area (Å²) in [5, 5.41) is 3.03. The summed E-state index contributed by atoms with van der Waals surface area (Å²) in [4.78, 5) is 28.2. The van der Waals surface area contributed by atoms with Gasteiger partial charge in [-0.05, 0) is 43.7 Å². The lowest BCUT2D eigenvalue weighted by atomic mass is 9.94. The predicted octanol–water partition coefficient (Wildman–Crippen LogP) is 3.73. The Bertz CT molecular complexity index is 652. The summed E-state index contributed by atoms with van der Waals surface area (Å²) in [6, 6.07) is 7.59. The van der Waals surface area contributed by atoms with Gasteiger partial charge in [0.25, 0.3) is 5.91 Å². The molecule has 27 heavy (non-hydrogen) atoms. The second kappa shape index (κ2) is 9.11. The smallest absolute Gasteiger partial charge is 0.322 e. The van der Waals surface area contributed by atoms with Gasteiger partial charge in [0.2, 0.25) is 0 Å². The average molecular weight is 373 g/mol. The van der Waals surface area contributed by atoms with Crippen LogP contribution in [0.15, 0.2) is 24.3 Å². The number of rotatable bonds is 7. The topological polar surface area (TPSA) is 61.9 Å². The van der Waals surface area contributed by atoms with Crippen LogP contribution in [-0.2, 0) is 4.79 Å². The first-order valence-electron chi connectivity index (χ1n) is 10.0. The van der Waals surface area contributed by atoms with E-state index >= 15 is 0 Å². The fraction of sp³-hybridized carbons (Fsp3) is 0.619. The van der Waals surface area contributed by atoms with Crippen LogP contribution in [-0.4, -0.2) is 55.0 Å². The highest BCUT2D eigenvalue weighted by molar-refractivity contribution is 5.89. The third-order valence-electron chi connectivity index (χ3n) is 5.37.